The van der Waals surface area contributed by atoms with Crippen LogP contribution in [0.25, 0.3) is 0 Å². The number of halogens is 1. The fraction of sp³-hybridized carbons (Fsp3) is 0.417. The standard InChI is InChI=1S/C12H16FNO2/c1-8(2)14-12(15)7-16-10-5-4-9(3)11(13)6-10/h4-6,8H,7H2,1-3H3,(H,14,15). The molecule has 1 rings (SSSR count). The molecule has 0 radical (unpaired) electrons. The van der Waals surface area contributed by atoms with E-state index in [4.69, 9.17) is 4.74 Å². The third-order valence-corrected chi connectivity index (χ3v) is 1.96. The molecule has 0 aliphatic rings. The summed E-state index contributed by atoms with van der Waals surface area (Å²) in [6.07, 6.45) is 0. The molecular formula is C12H16FNO2. The van der Waals surface area contributed by atoms with Crippen LogP contribution in [-0.2, 0) is 4.79 Å². The molecule has 0 atom stereocenters. The highest BCUT2D eigenvalue weighted by molar-refractivity contribution is 5.77. The molecule has 0 unspecified atom stereocenters. The van der Waals surface area contributed by atoms with Crippen molar-refractivity contribution in [2.24, 2.45) is 0 Å². The first-order valence-electron chi connectivity index (χ1n) is 5.17. The van der Waals surface area contributed by atoms with Gasteiger partial charge in [0.15, 0.2) is 6.61 Å². The molecule has 1 N–H and O–H groups in total. The lowest BCUT2D eigenvalue weighted by Crippen LogP contribution is -2.34. The lowest BCUT2D eigenvalue weighted by atomic mass is 10.2. The number of nitrogens with one attached hydrogen (secondary N) is 1. The summed E-state index contributed by atoms with van der Waals surface area (Å²) in [4.78, 5) is 11.2. The summed E-state index contributed by atoms with van der Waals surface area (Å²) in [5.41, 5.74) is 0.555. The van der Waals surface area contributed by atoms with Gasteiger partial charge in [-0.2, -0.15) is 0 Å². The number of rotatable bonds is 4. The Kier molecular flexibility index (Phi) is 4.28. The zero-order valence-electron chi connectivity index (χ0n) is 9.71. The maximum atomic E-state index is 13.1. The van der Waals surface area contributed by atoms with E-state index in [-0.39, 0.29) is 24.4 Å². The Bertz CT molecular complexity index is 377. The number of benzene rings is 1. The van der Waals surface area contributed by atoms with Crippen LogP contribution >= 0.6 is 0 Å². The first-order valence-corrected chi connectivity index (χ1v) is 5.17. The normalized spacial score (nSPS) is 10.3. The maximum Gasteiger partial charge on any atom is 0.258 e. The molecule has 1 aromatic carbocycles. The van der Waals surface area contributed by atoms with E-state index in [1.165, 1.54) is 6.07 Å². The second-order valence-electron chi connectivity index (χ2n) is 3.92. The molecular weight excluding hydrogens is 209 g/mol. The number of ether oxygens (including phenoxy) is 1. The highest BCUT2D eigenvalue weighted by Crippen LogP contribution is 2.15. The summed E-state index contributed by atoms with van der Waals surface area (Å²) in [7, 11) is 0. The van der Waals surface area contributed by atoms with Crippen LogP contribution in [0.3, 0.4) is 0 Å². The Morgan fingerprint density at radius 1 is 1.50 bits per heavy atom. The molecule has 16 heavy (non-hydrogen) atoms. The van der Waals surface area contributed by atoms with Crippen LogP contribution < -0.4 is 10.1 Å². The average Bonchev–Trinajstić information content (AvgIpc) is 2.19. The van der Waals surface area contributed by atoms with E-state index in [0.717, 1.165) is 0 Å². The second kappa shape index (κ2) is 5.49. The average molecular weight is 225 g/mol. The van der Waals surface area contributed by atoms with Crippen molar-refractivity contribution < 1.29 is 13.9 Å². The molecule has 0 fully saturated rings. The van der Waals surface area contributed by atoms with Crippen molar-refractivity contribution in [2.45, 2.75) is 26.8 Å². The predicted octanol–water partition coefficient (Wildman–Crippen LogP) is 2.04. The molecule has 1 aromatic rings. The van der Waals surface area contributed by atoms with Gasteiger partial charge in [-0.1, -0.05) is 6.07 Å². The third kappa shape index (κ3) is 3.88. The molecule has 88 valence electrons. The monoisotopic (exact) mass is 225 g/mol. The summed E-state index contributed by atoms with van der Waals surface area (Å²) in [6, 6.07) is 4.61. The highest BCUT2D eigenvalue weighted by Gasteiger charge is 2.05. The van der Waals surface area contributed by atoms with Gasteiger partial charge in [-0.3, -0.25) is 4.79 Å². The highest BCUT2D eigenvalue weighted by atomic mass is 19.1. The van der Waals surface area contributed by atoms with Gasteiger partial charge in [0.1, 0.15) is 11.6 Å². The van der Waals surface area contributed by atoms with Gasteiger partial charge in [-0.25, -0.2) is 4.39 Å². The molecule has 0 aliphatic heterocycles. The summed E-state index contributed by atoms with van der Waals surface area (Å²) in [6.45, 7) is 5.30. The largest absolute Gasteiger partial charge is 0.484 e. The van der Waals surface area contributed by atoms with Gasteiger partial charge < -0.3 is 10.1 Å². The van der Waals surface area contributed by atoms with Gasteiger partial charge in [-0.05, 0) is 32.4 Å². The molecule has 0 aromatic heterocycles. The zero-order valence-corrected chi connectivity index (χ0v) is 9.71. The van der Waals surface area contributed by atoms with Crippen molar-refractivity contribution >= 4 is 5.91 Å². The van der Waals surface area contributed by atoms with Gasteiger partial charge in [-0.15, -0.1) is 0 Å². The molecule has 1 amide bonds. The van der Waals surface area contributed by atoms with E-state index < -0.39 is 0 Å². The molecule has 4 heteroatoms. The van der Waals surface area contributed by atoms with Gasteiger partial charge in [0.25, 0.3) is 5.91 Å². The van der Waals surface area contributed by atoms with Crippen LogP contribution in [0.1, 0.15) is 19.4 Å². The SMILES string of the molecule is Cc1ccc(OCC(=O)NC(C)C)cc1F. The summed E-state index contributed by atoms with van der Waals surface area (Å²) < 4.78 is 18.3. The summed E-state index contributed by atoms with van der Waals surface area (Å²) in [5.74, 6) is -0.181. The third-order valence-electron chi connectivity index (χ3n) is 1.96. The summed E-state index contributed by atoms with van der Waals surface area (Å²) in [5, 5.41) is 2.68. The molecule has 0 spiro atoms. The lowest BCUT2D eigenvalue weighted by molar-refractivity contribution is -0.123. The number of carbonyl (C=O) groups excluding carboxylic acids is 1. The number of hydrogen-bond donors (Lipinski definition) is 1. The number of hydrogen-bond acceptors (Lipinski definition) is 2. The Morgan fingerprint density at radius 2 is 2.19 bits per heavy atom. The predicted molar refractivity (Wildman–Crippen MR) is 59.9 cm³/mol. The minimum Gasteiger partial charge on any atom is -0.484 e. The van der Waals surface area contributed by atoms with Gasteiger partial charge >= 0.3 is 0 Å². The van der Waals surface area contributed by atoms with Crippen LogP contribution in [0.15, 0.2) is 18.2 Å². The topological polar surface area (TPSA) is 38.3 Å². The lowest BCUT2D eigenvalue weighted by Gasteiger charge is -2.10. The van der Waals surface area contributed by atoms with Gasteiger partial charge in [0.2, 0.25) is 0 Å². The number of aryl methyl sites for hydroxylation is 1. The van der Waals surface area contributed by atoms with Gasteiger partial charge in [0, 0.05) is 12.1 Å². The molecule has 0 bridgehead atoms. The van der Waals surface area contributed by atoms with E-state index in [2.05, 4.69) is 5.32 Å². The van der Waals surface area contributed by atoms with E-state index in [1.807, 2.05) is 13.8 Å². The minimum atomic E-state index is -0.332. The molecule has 0 saturated carbocycles. The molecule has 0 heterocycles. The number of amides is 1. The van der Waals surface area contributed by atoms with Crippen LogP contribution in [-0.4, -0.2) is 18.6 Å². The van der Waals surface area contributed by atoms with Crippen molar-refractivity contribution in [3.05, 3.63) is 29.6 Å². The van der Waals surface area contributed by atoms with Crippen molar-refractivity contribution in [1.82, 2.24) is 5.32 Å². The van der Waals surface area contributed by atoms with E-state index >= 15 is 0 Å². The Balaban J connectivity index is 2.48. The first-order chi connectivity index (χ1) is 7.49. The molecule has 3 nitrogen and oxygen atoms in total. The second-order valence-corrected chi connectivity index (χ2v) is 3.92. The smallest absolute Gasteiger partial charge is 0.258 e. The van der Waals surface area contributed by atoms with Gasteiger partial charge in [0.05, 0.1) is 0 Å². The van der Waals surface area contributed by atoms with E-state index in [9.17, 15) is 9.18 Å². The van der Waals surface area contributed by atoms with Crippen LogP contribution in [0.2, 0.25) is 0 Å². The van der Waals surface area contributed by atoms with Crippen molar-refractivity contribution in [3.63, 3.8) is 0 Å². The maximum absolute atomic E-state index is 13.1. The van der Waals surface area contributed by atoms with E-state index in [1.54, 1.807) is 19.1 Å². The Labute approximate surface area is 94.6 Å². The zero-order chi connectivity index (χ0) is 12.1. The van der Waals surface area contributed by atoms with Crippen molar-refractivity contribution in [2.75, 3.05) is 6.61 Å². The number of carbonyl (C=O) groups is 1. The first kappa shape index (κ1) is 12.5. The minimum absolute atomic E-state index is 0.0749. The van der Waals surface area contributed by atoms with Crippen LogP contribution in [0.5, 0.6) is 5.75 Å². The Hall–Kier alpha value is -1.58. The molecule has 0 aliphatic carbocycles. The van der Waals surface area contributed by atoms with Crippen LogP contribution in [0, 0.1) is 12.7 Å². The fourth-order valence-corrected chi connectivity index (χ4v) is 1.18. The molecule has 0 saturated heterocycles. The van der Waals surface area contributed by atoms with Crippen molar-refractivity contribution in [1.29, 1.82) is 0 Å². The van der Waals surface area contributed by atoms with E-state index in [0.29, 0.717) is 11.3 Å². The summed E-state index contributed by atoms with van der Waals surface area (Å²) >= 11 is 0. The van der Waals surface area contributed by atoms with Crippen molar-refractivity contribution in [3.8, 4) is 5.75 Å². The van der Waals surface area contributed by atoms with Crippen LogP contribution in [0.4, 0.5) is 4.39 Å². The quantitative estimate of drug-likeness (QED) is 0.851. The fourth-order valence-electron chi connectivity index (χ4n) is 1.18. The Morgan fingerprint density at radius 3 is 2.75 bits per heavy atom.